The van der Waals surface area contributed by atoms with Gasteiger partial charge >= 0.3 is 0 Å². The van der Waals surface area contributed by atoms with E-state index in [1.54, 1.807) is 7.11 Å². The molecule has 1 amide bonds. The van der Waals surface area contributed by atoms with E-state index in [0.29, 0.717) is 17.6 Å². The molecular weight excluding hydrogens is 372 g/mol. The number of thioether (sulfide) groups is 1. The molecule has 1 aliphatic carbocycles. The topological polar surface area (TPSA) is 69.0 Å². The lowest BCUT2D eigenvalue weighted by Gasteiger charge is -2.34. The summed E-state index contributed by atoms with van der Waals surface area (Å²) in [5.41, 5.74) is 0.903. The number of para-hydroxylation sites is 1. The molecule has 152 valence electrons. The van der Waals surface area contributed by atoms with Gasteiger partial charge in [0.1, 0.15) is 5.75 Å². The number of rotatable bonds is 7. The predicted octanol–water partition coefficient (Wildman–Crippen LogP) is 4.01. The third-order valence-corrected chi connectivity index (χ3v) is 6.73. The summed E-state index contributed by atoms with van der Waals surface area (Å²) in [5.74, 6) is 3.14. The van der Waals surface area contributed by atoms with E-state index in [4.69, 9.17) is 4.74 Å². The van der Waals surface area contributed by atoms with Gasteiger partial charge < -0.3 is 14.6 Å². The molecule has 3 rings (SSSR count). The number of amides is 1. The van der Waals surface area contributed by atoms with Crippen molar-refractivity contribution in [3.05, 3.63) is 24.3 Å². The Morgan fingerprint density at radius 3 is 2.82 bits per heavy atom. The fourth-order valence-corrected chi connectivity index (χ4v) is 4.69. The van der Waals surface area contributed by atoms with Gasteiger partial charge in [-0.25, -0.2) is 0 Å². The van der Waals surface area contributed by atoms with Crippen molar-refractivity contribution in [3.63, 3.8) is 0 Å². The van der Waals surface area contributed by atoms with Crippen molar-refractivity contribution >= 4 is 17.7 Å². The summed E-state index contributed by atoms with van der Waals surface area (Å²) >= 11 is 1.44. The van der Waals surface area contributed by atoms with E-state index in [1.165, 1.54) is 24.6 Å². The number of aromatic nitrogens is 3. The summed E-state index contributed by atoms with van der Waals surface area (Å²) in [7, 11) is 1.65. The molecule has 3 atom stereocenters. The summed E-state index contributed by atoms with van der Waals surface area (Å²) < 4.78 is 7.49. The summed E-state index contributed by atoms with van der Waals surface area (Å²) in [6, 6.07) is 8.06. The van der Waals surface area contributed by atoms with Crippen LogP contribution >= 0.6 is 11.8 Å². The van der Waals surface area contributed by atoms with Gasteiger partial charge in [-0.1, -0.05) is 50.6 Å². The Labute approximate surface area is 171 Å². The Kier molecular flexibility index (Phi) is 6.99. The number of methoxy groups -OCH3 is 1. The molecule has 28 heavy (non-hydrogen) atoms. The highest BCUT2D eigenvalue weighted by molar-refractivity contribution is 7.99. The first-order chi connectivity index (χ1) is 13.5. The summed E-state index contributed by atoms with van der Waals surface area (Å²) in [6.07, 6.45) is 3.52. The van der Waals surface area contributed by atoms with E-state index in [1.807, 2.05) is 28.8 Å². The van der Waals surface area contributed by atoms with E-state index in [0.717, 1.165) is 35.3 Å². The van der Waals surface area contributed by atoms with Crippen LogP contribution in [0.15, 0.2) is 29.4 Å². The van der Waals surface area contributed by atoms with Crippen molar-refractivity contribution in [2.24, 2.45) is 11.8 Å². The van der Waals surface area contributed by atoms with E-state index in [9.17, 15) is 4.79 Å². The van der Waals surface area contributed by atoms with Gasteiger partial charge in [0.25, 0.3) is 0 Å². The van der Waals surface area contributed by atoms with Crippen molar-refractivity contribution in [1.29, 1.82) is 0 Å². The largest absolute Gasteiger partial charge is 0.496 e. The van der Waals surface area contributed by atoms with Gasteiger partial charge in [0.05, 0.1) is 18.4 Å². The number of nitrogens with one attached hydrogen (secondary N) is 1. The van der Waals surface area contributed by atoms with Gasteiger partial charge in [0, 0.05) is 12.6 Å². The Morgan fingerprint density at radius 2 is 2.07 bits per heavy atom. The molecule has 0 aliphatic heterocycles. The smallest absolute Gasteiger partial charge is 0.230 e. The van der Waals surface area contributed by atoms with Crippen LogP contribution in [0.5, 0.6) is 5.75 Å². The summed E-state index contributed by atoms with van der Waals surface area (Å²) in [6.45, 7) is 7.30. The van der Waals surface area contributed by atoms with Gasteiger partial charge in [-0.15, -0.1) is 10.2 Å². The molecule has 1 aliphatic rings. The molecule has 0 radical (unpaired) electrons. The van der Waals surface area contributed by atoms with Crippen LogP contribution in [0.3, 0.4) is 0 Å². The zero-order valence-electron chi connectivity index (χ0n) is 17.1. The molecule has 1 N–H and O–H groups in total. The first-order valence-corrected chi connectivity index (χ1v) is 11.0. The molecule has 7 heteroatoms. The van der Waals surface area contributed by atoms with Crippen molar-refractivity contribution < 1.29 is 9.53 Å². The van der Waals surface area contributed by atoms with E-state index >= 15 is 0 Å². The maximum absolute atomic E-state index is 12.5. The molecule has 0 spiro atoms. The van der Waals surface area contributed by atoms with Crippen LogP contribution in [0.25, 0.3) is 11.4 Å². The maximum atomic E-state index is 12.5. The molecule has 2 aromatic rings. The summed E-state index contributed by atoms with van der Waals surface area (Å²) in [5, 5.41) is 12.7. The van der Waals surface area contributed by atoms with Crippen molar-refractivity contribution in [1.82, 2.24) is 20.1 Å². The fourth-order valence-electron chi connectivity index (χ4n) is 3.87. The minimum atomic E-state index is 0.0699. The number of nitrogens with zero attached hydrogens (tertiary/aromatic N) is 3. The van der Waals surface area contributed by atoms with Gasteiger partial charge in [0.2, 0.25) is 5.91 Å². The first-order valence-electron chi connectivity index (χ1n) is 10.0. The van der Waals surface area contributed by atoms with Gasteiger partial charge in [-0.3, -0.25) is 4.79 Å². The van der Waals surface area contributed by atoms with Crippen LogP contribution in [0.4, 0.5) is 0 Å². The molecule has 1 aromatic heterocycles. The Balaban J connectivity index is 1.66. The lowest BCUT2D eigenvalue weighted by atomic mass is 9.78. The fraction of sp³-hybridized carbons (Fsp3) is 0.571. The highest BCUT2D eigenvalue weighted by Gasteiger charge is 2.28. The van der Waals surface area contributed by atoms with E-state index < -0.39 is 0 Å². The van der Waals surface area contributed by atoms with Crippen LogP contribution in [-0.2, 0) is 11.3 Å². The minimum absolute atomic E-state index is 0.0699. The number of hydrogen-bond donors (Lipinski definition) is 1. The quantitative estimate of drug-likeness (QED) is 0.709. The Hall–Kier alpha value is -2.02. The van der Waals surface area contributed by atoms with Crippen molar-refractivity contribution in [3.8, 4) is 17.1 Å². The van der Waals surface area contributed by atoms with Gasteiger partial charge in [0.15, 0.2) is 11.0 Å². The van der Waals surface area contributed by atoms with E-state index in [-0.39, 0.29) is 11.9 Å². The second-order valence-corrected chi connectivity index (χ2v) is 8.42. The third-order valence-electron chi connectivity index (χ3n) is 5.77. The first kappa shape index (κ1) is 20.7. The highest BCUT2D eigenvalue weighted by Crippen LogP contribution is 2.31. The zero-order valence-corrected chi connectivity index (χ0v) is 18.0. The predicted molar refractivity (Wildman–Crippen MR) is 113 cm³/mol. The molecule has 1 fully saturated rings. The molecule has 6 nitrogen and oxygen atoms in total. The van der Waals surface area contributed by atoms with Crippen LogP contribution in [-0.4, -0.2) is 39.6 Å². The second-order valence-electron chi connectivity index (χ2n) is 7.48. The number of hydrogen-bond acceptors (Lipinski definition) is 5. The molecular formula is C21H30N4O2S. The maximum Gasteiger partial charge on any atom is 0.230 e. The van der Waals surface area contributed by atoms with Crippen LogP contribution in [0.1, 0.15) is 40.0 Å². The van der Waals surface area contributed by atoms with Gasteiger partial charge in [-0.05, 0) is 37.3 Å². The molecule has 1 heterocycles. The monoisotopic (exact) mass is 402 g/mol. The average molecular weight is 403 g/mol. The van der Waals surface area contributed by atoms with Crippen LogP contribution in [0, 0.1) is 11.8 Å². The van der Waals surface area contributed by atoms with E-state index in [2.05, 4.69) is 36.3 Å². The molecule has 0 bridgehead atoms. The number of ether oxygens (including phenoxy) is 1. The van der Waals surface area contributed by atoms with Crippen molar-refractivity contribution in [2.45, 2.75) is 57.8 Å². The standard InChI is InChI=1S/C21H30N4O2S/c1-5-25-20(16-10-6-7-12-18(16)27-4)23-24-21(25)28-13-19(26)22-17-11-8-9-14(2)15(17)3/h6-7,10,12,14-15,17H,5,8-9,11,13H2,1-4H3,(H,22,26)/t14-,15+,17-/m1/s1. The van der Waals surface area contributed by atoms with Crippen molar-refractivity contribution in [2.75, 3.05) is 12.9 Å². The lowest BCUT2D eigenvalue weighted by molar-refractivity contribution is -0.120. The average Bonchev–Trinajstić information content (AvgIpc) is 3.12. The van der Waals surface area contributed by atoms with Gasteiger partial charge in [-0.2, -0.15) is 0 Å². The second kappa shape index (κ2) is 9.45. The number of carbonyl (C=O) groups is 1. The Bertz CT molecular complexity index is 807. The number of benzene rings is 1. The summed E-state index contributed by atoms with van der Waals surface area (Å²) in [4.78, 5) is 12.5. The molecule has 0 unspecified atom stereocenters. The lowest BCUT2D eigenvalue weighted by Crippen LogP contribution is -2.44. The normalized spacial score (nSPS) is 22.1. The molecule has 1 saturated carbocycles. The highest BCUT2D eigenvalue weighted by atomic mass is 32.2. The SMILES string of the molecule is CCn1c(SCC(=O)N[C@@H]2CCC[C@@H](C)[C@@H]2C)nnc1-c1ccccc1OC. The number of carbonyl (C=O) groups excluding carboxylic acids is 1. The minimum Gasteiger partial charge on any atom is -0.496 e. The molecule has 0 saturated heterocycles. The zero-order chi connectivity index (χ0) is 20.1. The molecule has 1 aromatic carbocycles. The van der Waals surface area contributed by atoms with Crippen LogP contribution < -0.4 is 10.1 Å². The third kappa shape index (κ3) is 4.51. The van der Waals surface area contributed by atoms with Crippen LogP contribution in [0.2, 0.25) is 0 Å². The Morgan fingerprint density at radius 1 is 1.29 bits per heavy atom.